The van der Waals surface area contributed by atoms with Gasteiger partial charge in [0.05, 0.1) is 24.6 Å². The van der Waals surface area contributed by atoms with E-state index in [0.717, 1.165) is 50.4 Å². The van der Waals surface area contributed by atoms with Gasteiger partial charge in [0.1, 0.15) is 5.82 Å². The molecule has 0 atom stereocenters. The Hall–Kier alpha value is -1.37. The molecule has 0 spiro atoms. The Balaban J connectivity index is 1.69. The molecule has 0 saturated carbocycles. The summed E-state index contributed by atoms with van der Waals surface area (Å²) in [6.07, 6.45) is 2.18. The van der Waals surface area contributed by atoms with Crippen LogP contribution >= 0.6 is 0 Å². The van der Waals surface area contributed by atoms with Crippen molar-refractivity contribution in [3.05, 3.63) is 24.0 Å². The lowest BCUT2D eigenvalue weighted by atomic mass is 10.1. The number of ether oxygens (including phenoxy) is 1. The Morgan fingerprint density at radius 1 is 1.14 bits per heavy atom. The predicted octanol–water partition coefficient (Wildman–Crippen LogP) is 1.65. The minimum atomic E-state index is -0.221. The molecule has 2 aliphatic rings. The van der Waals surface area contributed by atoms with Gasteiger partial charge in [0.2, 0.25) is 0 Å². The Bertz CT molecular complexity index is 459. The number of anilines is 2. The summed E-state index contributed by atoms with van der Waals surface area (Å²) >= 11 is 0. The average molecular weight is 294 g/mol. The first-order valence-electron chi connectivity index (χ1n) is 7.67. The minimum Gasteiger partial charge on any atom is -0.381 e. The second-order valence-electron chi connectivity index (χ2n) is 5.57. The Kier molecular flexibility index (Phi) is 4.90. The smallest absolute Gasteiger partial charge is 0.125 e. The van der Waals surface area contributed by atoms with Gasteiger partial charge in [-0.2, -0.15) is 0 Å². The van der Waals surface area contributed by atoms with Crippen LogP contribution in [0.3, 0.4) is 0 Å². The van der Waals surface area contributed by atoms with Crippen molar-refractivity contribution in [3.63, 3.8) is 0 Å². The van der Waals surface area contributed by atoms with Gasteiger partial charge in [0.25, 0.3) is 0 Å². The topological polar surface area (TPSA) is 48.6 Å². The summed E-state index contributed by atoms with van der Waals surface area (Å²) in [5.74, 6) is -0.221. The summed E-state index contributed by atoms with van der Waals surface area (Å²) in [5.41, 5.74) is 5.08. The highest BCUT2D eigenvalue weighted by molar-refractivity contribution is 5.68. The number of nitrogens with one attached hydrogen (secondary N) is 3. The van der Waals surface area contributed by atoms with E-state index in [-0.39, 0.29) is 5.82 Å². The molecular weight excluding hydrogens is 271 g/mol. The summed E-state index contributed by atoms with van der Waals surface area (Å²) in [6, 6.07) is 5.33. The highest BCUT2D eigenvalue weighted by atomic mass is 19.1. The van der Waals surface area contributed by atoms with Crippen LogP contribution < -0.4 is 16.1 Å². The molecule has 3 rings (SSSR count). The molecule has 116 valence electrons. The zero-order valence-electron chi connectivity index (χ0n) is 12.2. The maximum atomic E-state index is 13.6. The van der Waals surface area contributed by atoms with Crippen LogP contribution in [0.5, 0.6) is 0 Å². The molecule has 6 heteroatoms. The standard InChI is InChI=1S/C15H23FN4O/c16-12-1-2-14(18-13-3-5-17-6-4-13)15(11-12)19-20-7-9-21-10-8-20/h1-2,11,13,17-19H,3-10H2. The Morgan fingerprint density at radius 2 is 1.90 bits per heavy atom. The van der Waals surface area contributed by atoms with E-state index in [9.17, 15) is 4.39 Å². The highest BCUT2D eigenvalue weighted by Gasteiger charge is 2.16. The second kappa shape index (κ2) is 7.06. The first-order valence-corrected chi connectivity index (χ1v) is 7.67. The van der Waals surface area contributed by atoms with E-state index in [0.29, 0.717) is 19.3 Å². The van der Waals surface area contributed by atoms with E-state index in [1.54, 1.807) is 6.07 Å². The van der Waals surface area contributed by atoms with Crippen LogP contribution in [0.4, 0.5) is 15.8 Å². The van der Waals surface area contributed by atoms with E-state index in [4.69, 9.17) is 4.74 Å². The van der Waals surface area contributed by atoms with Crippen LogP contribution in [-0.2, 0) is 4.74 Å². The lowest BCUT2D eigenvalue weighted by molar-refractivity contribution is 0.0497. The zero-order valence-corrected chi connectivity index (χ0v) is 12.2. The number of rotatable bonds is 4. The summed E-state index contributed by atoms with van der Waals surface area (Å²) in [6.45, 7) is 5.10. The van der Waals surface area contributed by atoms with Gasteiger partial charge in [0, 0.05) is 25.2 Å². The number of piperidine rings is 1. The average Bonchev–Trinajstić information content (AvgIpc) is 2.52. The van der Waals surface area contributed by atoms with Crippen LogP contribution in [0.1, 0.15) is 12.8 Å². The Morgan fingerprint density at radius 3 is 2.67 bits per heavy atom. The van der Waals surface area contributed by atoms with Gasteiger partial charge in [-0.05, 0) is 38.1 Å². The number of hydrazine groups is 1. The molecule has 3 N–H and O–H groups in total. The largest absolute Gasteiger partial charge is 0.381 e. The van der Waals surface area contributed by atoms with E-state index in [1.165, 1.54) is 6.07 Å². The van der Waals surface area contributed by atoms with Gasteiger partial charge < -0.3 is 20.8 Å². The molecular formula is C15H23FN4O. The molecule has 2 heterocycles. The minimum absolute atomic E-state index is 0.221. The fourth-order valence-electron chi connectivity index (χ4n) is 2.77. The molecule has 2 aliphatic heterocycles. The van der Waals surface area contributed by atoms with Crippen molar-refractivity contribution in [2.24, 2.45) is 0 Å². The van der Waals surface area contributed by atoms with Crippen molar-refractivity contribution in [1.82, 2.24) is 10.3 Å². The van der Waals surface area contributed by atoms with Gasteiger partial charge in [-0.3, -0.25) is 0 Å². The van der Waals surface area contributed by atoms with Crippen molar-refractivity contribution < 1.29 is 9.13 Å². The molecule has 0 amide bonds. The zero-order chi connectivity index (χ0) is 14.5. The number of halogens is 1. The van der Waals surface area contributed by atoms with Crippen LogP contribution in [0.25, 0.3) is 0 Å². The van der Waals surface area contributed by atoms with Gasteiger partial charge >= 0.3 is 0 Å². The molecule has 0 radical (unpaired) electrons. The van der Waals surface area contributed by atoms with Gasteiger partial charge in [-0.25, -0.2) is 9.40 Å². The number of hydrogen-bond acceptors (Lipinski definition) is 5. The quantitative estimate of drug-likeness (QED) is 0.788. The lowest BCUT2D eigenvalue weighted by Crippen LogP contribution is -2.40. The van der Waals surface area contributed by atoms with E-state index >= 15 is 0 Å². The van der Waals surface area contributed by atoms with Crippen molar-refractivity contribution in [2.75, 3.05) is 50.1 Å². The molecule has 0 aromatic heterocycles. The molecule has 2 fully saturated rings. The van der Waals surface area contributed by atoms with Gasteiger partial charge in [-0.1, -0.05) is 0 Å². The van der Waals surface area contributed by atoms with Crippen LogP contribution in [-0.4, -0.2) is 50.4 Å². The molecule has 5 nitrogen and oxygen atoms in total. The molecule has 0 unspecified atom stereocenters. The third-order valence-corrected chi connectivity index (χ3v) is 3.97. The Labute approximate surface area is 124 Å². The summed E-state index contributed by atoms with van der Waals surface area (Å²) < 4.78 is 18.9. The SMILES string of the molecule is Fc1ccc(NC2CCNCC2)c(NN2CCOCC2)c1. The molecule has 0 bridgehead atoms. The molecule has 2 saturated heterocycles. The molecule has 1 aromatic carbocycles. The fraction of sp³-hybridized carbons (Fsp3) is 0.600. The lowest BCUT2D eigenvalue weighted by Gasteiger charge is -2.30. The normalized spacial score (nSPS) is 21.2. The third kappa shape index (κ3) is 4.06. The van der Waals surface area contributed by atoms with Crippen molar-refractivity contribution in [3.8, 4) is 0 Å². The highest BCUT2D eigenvalue weighted by Crippen LogP contribution is 2.25. The number of nitrogens with zero attached hydrogens (tertiary/aromatic N) is 1. The fourth-order valence-corrected chi connectivity index (χ4v) is 2.77. The first-order chi connectivity index (χ1) is 10.3. The predicted molar refractivity (Wildman–Crippen MR) is 81.9 cm³/mol. The summed E-state index contributed by atoms with van der Waals surface area (Å²) in [5, 5.41) is 8.97. The second-order valence-corrected chi connectivity index (χ2v) is 5.57. The van der Waals surface area contributed by atoms with Gasteiger partial charge in [0.15, 0.2) is 0 Å². The third-order valence-electron chi connectivity index (χ3n) is 3.97. The monoisotopic (exact) mass is 294 g/mol. The maximum Gasteiger partial charge on any atom is 0.125 e. The van der Waals surface area contributed by atoms with Crippen molar-refractivity contribution in [2.45, 2.75) is 18.9 Å². The van der Waals surface area contributed by atoms with E-state index in [1.807, 2.05) is 6.07 Å². The van der Waals surface area contributed by atoms with Crippen molar-refractivity contribution >= 4 is 11.4 Å². The van der Waals surface area contributed by atoms with Crippen LogP contribution in [0.2, 0.25) is 0 Å². The number of benzene rings is 1. The molecule has 0 aliphatic carbocycles. The van der Waals surface area contributed by atoms with Crippen LogP contribution in [0.15, 0.2) is 18.2 Å². The summed E-state index contributed by atoms with van der Waals surface area (Å²) in [7, 11) is 0. The maximum absolute atomic E-state index is 13.6. The van der Waals surface area contributed by atoms with E-state index < -0.39 is 0 Å². The molecule has 21 heavy (non-hydrogen) atoms. The van der Waals surface area contributed by atoms with Crippen molar-refractivity contribution in [1.29, 1.82) is 0 Å². The number of hydrogen-bond donors (Lipinski definition) is 3. The first kappa shape index (κ1) is 14.6. The van der Waals surface area contributed by atoms with Gasteiger partial charge in [-0.15, -0.1) is 0 Å². The van der Waals surface area contributed by atoms with E-state index in [2.05, 4.69) is 21.1 Å². The van der Waals surface area contributed by atoms with Crippen LogP contribution in [0, 0.1) is 5.82 Å². The summed E-state index contributed by atoms with van der Waals surface area (Å²) in [4.78, 5) is 0. The number of morpholine rings is 1. The molecule has 1 aromatic rings.